The molecule has 11 heavy (non-hydrogen) atoms. The lowest BCUT2D eigenvalue weighted by Crippen LogP contribution is -1.96. The second-order valence-electron chi connectivity index (χ2n) is 1.00. The van der Waals surface area contributed by atoms with E-state index in [0.29, 0.717) is 0 Å². The summed E-state index contributed by atoms with van der Waals surface area (Å²) < 4.78 is 29.7. The molecule has 0 saturated heterocycles. The predicted octanol–water partition coefficient (Wildman–Crippen LogP) is -0.740. The van der Waals surface area contributed by atoms with Gasteiger partial charge < -0.3 is 4.84 Å². The van der Waals surface area contributed by atoms with Crippen LogP contribution in [0.5, 0.6) is 0 Å². The lowest BCUT2D eigenvalue weighted by Gasteiger charge is -1.82. The Labute approximate surface area is 62.8 Å². The van der Waals surface area contributed by atoms with E-state index in [1.54, 1.807) is 0 Å². The monoisotopic (exact) mass is 189 g/mol. The molecule has 0 fully saturated rings. The van der Waals surface area contributed by atoms with Crippen LogP contribution >= 0.6 is 0 Å². The Hall–Kier alpha value is -0.930. The van der Waals surface area contributed by atoms with Gasteiger partial charge in [-0.3, -0.25) is 8.74 Å². The molecule has 0 aromatic rings. The molecule has 0 aliphatic rings. The van der Waals surface area contributed by atoms with Gasteiger partial charge in [-0.15, -0.1) is 10.1 Å². The van der Waals surface area contributed by atoms with Crippen LogP contribution < -0.4 is 0 Å². The van der Waals surface area contributed by atoms with Crippen LogP contribution in [-0.4, -0.2) is 32.3 Å². The van der Waals surface area contributed by atoms with Crippen LogP contribution in [0.15, 0.2) is 0 Å². The highest BCUT2D eigenvalue weighted by molar-refractivity contribution is 7.80. The highest BCUT2D eigenvalue weighted by atomic mass is 32.3. The zero-order valence-corrected chi connectivity index (χ0v) is 6.57. The third kappa shape index (κ3) is 27.4. The highest BCUT2D eigenvalue weighted by Gasteiger charge is 1.94. The number of hydrogen-bond acceptors (Lipinski definition) is 6. The molecule has 8 nitrogen and oxygen atoms in total. The Morgan fingerprint density at radius 3 is 1.64 bits per heavy atom. The minimum absolute atomic E-state index is 0.870. The van der Waals surface area contributed by atoms with Gasteiger partial charge in [-0.05, 0) is 0 Å². The van der Waals surface area contributed by atoms with Gasteiger partial charge in [0.25, 0.3) is 5.09 Å². The molecular formula is C2H7NO7S. The summed E-state index contributed by atoms with van der Waals surface area (Å²) in [6.07, 6.45) is 0. The Morgan fingerprint density at radius 1 is 1.45 bits per heavy atom. The summed E-state index contributed by atoms with van der Waals surface area (Å²) in [7, 11) is -2.29. The first kappa shape index (κ1) is 12.7. The van der Waals surface area contributed by atoms with E-state index in [-0.39, 0.29) is 0 Å². The first-order chi connectivity index (χ1) is 4.83. The van der Waals surface area contributed by atoms with Gasteiger partial charge in [0.15, 0.2) is 0 Å². The summed E-state index contributed by atoms with van der Waals surface area (Å²) in [6, 6.07) is 0. The molecule has 0 aromatic carbocycles. The van der Waals surface area contributed by atoms with Gasteiger partial charge in [0.1, 0.15) is 0 Å². The van der Waals surface area contributed by atoms with Crippen molar-refractivity contribution in [2.24, 2.45) is 0 Å². The molecule has 0 spiro atoms. The summed E-state index contributed by atoms with van der Waals surface area (Å²) in [5, 5.41) is 8.08. The summed E-state index contributed by atoms with van der Waals surface area (Å²) in [5.41, 5.74) is 0. The second-order valence-corrected chi connectivity index (χ2v) is 2.19. The summed E-state index contributed by atoms with van der Waals surface area (Å²) in [4.78, 5) is 12.4. The van der Waals surface area contributed by atoms with Crippen molar-refractivity contribution in [3.63, 3.8) is 0 Å². The minimum Gasteiger partial charge on any atom is -0.317 e. The molecule has 0 bridgehead atoms. The van der Waals surface area contributed by atoms with Crippen molar-refractivity contribution >= 4 is 10.4 Å². The third-order valence-corrected chi connectivity index (χ3v) is 0.781. The molecule has 68 valence electrons. The Bertz CT molecular complexity index is 194. The third-order valence-electron chi connectivity index (χ3n) is 0.360. The SMILES string of the molecule is COS(=O)(=O)O.CO[N+](=O)[O-]. The molecule has 0 heterocycles. The smallest absolute Gasteiger partial charge is 0.317 e. The Kier molecular flexibility index (Phi) is 6.74. The van der Waals surface area contributed by atoms with E-state index in [0.717, 1.165) is 14.2 Å². The van der Waals surface area contributed by atoms with E-state index in [9.17, 15) is 8.42 Å². The quantitative estimate of drug-likeness (QED) is 0.345. The maximum absolute atomic E-state index is 9.33. The summed E-state index contributed by atoms with van der Waals surface area (Å²) >= 11 is 0. The highest BCUT2D eigenvalue weighted by Crippen LogP contribution is 1.74. The maximum Gasteiger partial charge on any atom is 0.397 e. The predicted molar refractivity (Wildman–Crippen MR) is 32.6 cm³/mol. The van der Waals surface area contributed by atoms with Crippen LogP contribution in [0.3, 0.4) is 0 Å². The molecule has 0 aromatic heterocycles. The maximum atomic E-state index is 9.33. The van der Waals surface area contributed by atoms with E-state index >= 15 is 0 Å². The van der Waals surface area contributed by atoms with Crippen molar-refractivity contribution in [2.75, 3.05) is 14.2 Å². The topological polar surface area (TPSA) is 116 Å². The van der Waals surface area contributed by atoms with E-state index in [4.69, 9.17) is 14.7 Å². The largest absolute Gasteiger partial charge is 0.397 e. The number of hydrogen-bond donors (Lipinski definition) is 1. The summed E-state index contributed by atoms with van der Waals surface area (Å²) in [6.45, 7) is 0. The van der Waals surface area contributed by atoms with Crippen LogP contribution in [0.4, 0.5) is 0 Å². The van der Waals surface area contributed by atoms with E-state index in [1.165, 1.54) is 0 Å². The first-order valence-corrected chi connectivity index (χ1v) is 3.41. The number of rotatable bonds is 2. The normalized spacial score (nSPS) is 9.36. The van der Waals surface area contributed by atoms with Gasteiger partial charge in [0.2, 0.25) is 0 Å². The molecule has 0 amide bonds. The van der Waals surface area contributed by atoms with Gasteiger partial charge in [0.05, 0.1) is 14.2 Å². The van der Waals surface area contributed by atoms with Crippen LogP contribution in [0, 0.1) is 10.1 Å². The van der Waals surface area contributed by atoms with Crippen LogP contribution in [-0.2, 0) is 19.4 Å². The fraction of sp³-hybridized carbons (Fsp3) is 1.00. The Balaban J connectivity index is 0. The van der Waals surface area contributed by atoms with Crippen LogP contribution in [0.25, 0.3) is 0 Å². The average Bonchev–Trinajstić information content (AvgIpc) is 1.88. The van der Waals surface area contributed by atoms with Crippen molar-refractivity contribution in [1.29, 1.82) is 0 Å². The lowest BCUT2D eigenvalue weighted by molar-refractivity contribution is -0.749. The van der Waals surface area contributed by atoms with Crippen molar-refractivity contribution in [3.05, 3.63) is 10.1 Å². The lowest BCUT2D eigenvalue weighted by atomic mass is 11.7. The van der Waals surface area contributed by atoms with Gasteiger partial charge in [-0.2, -0.15) is 8.42 Å². The number of nitrogens with zero attached hydrogens (tertiary/aromatic N) is 1. The van der Waals surface area contributed by atoms with Gasteiger partial charge >= 0.3 is 10.4 Å². The standard InChI is InChI=1S/CH3NO3.CH4O4S/c1-5-2(3)4;1-5-6(2,3)4/h1H3;1H3,(H,2,3,4). The van der Waals surface area contributed by atoms with E-state index in [2.05, 4.69) is 9.02 Å². The van der Waals surface area contributed by atoms with Gasteiger partial charge in [-0.25, -0.2) is 0 Å². The fourth-order valence-corrected chi connectivity index (χ4v) is 0. The minimum atomic E-state index is -4.16. The van der Waals surface area contributed by atoms with Crippen molar-refractivity contribution < 1.29 is 27.1 Å². The average molecular weight is 189 g/mol. The van der Waals surface area contributed by atoms with E-state index in [1.807, 2.05) is 0 Å². The molecule has 0 radical (unpaired) electrons. The molecule has 0 aliphatic heterocycles. The second kappa shape index (κ2) is 5.82. The van der Waals surface area contributed by atoms with Crippen molar-refractivity contribution in [3.8, 4) is 0 Å². The van der Waals surface area contributed by atoms with Crippen LogP contribution in [0.2, 0.25) is 0 Å². The molecule has 0 rings (SSSR count). The molecule has 0 aliphatic carbocycles. The zero-order valence-electron chi connectivity index (χ0n) is 5.75. The van der Waals surface area contributed by atoms with Gasteiger partial charge in [0, 0.05) is 0 Å². The Morgan fingerprint density at radius 2 is 1.64 bits per heavy atom. The molecule has 0 unspecified atom stereocenters. The molecule has 9 heteroatoms. The summed E-state index contributed by atoms with van der Waals surface area (Å²) in [5.74, 6) is 0. The molecular weight excluding hydrogens is 182 g/mol. The first-order valence-electron chi connectivity index (χ1n) is 2.05. The molecule has 0 atom stereocenters. The zero-order chi connectivity index (χ0) is 9.49. The van der Waals surface area contributed by atoms with E-state index < -0.39 is 15.5 Å². The van der Waals surface area contributed by atoms with Crippen molar-refractivity contribution in [1.82, 2.24) is 0 Å². The van der Waals surface area contributed by atoms with Crippen LogP contribution in [0.1, 0.15) is 0 Å². The van der Waals surface area contributed by atoms with Gasteiger partial charge in [-0.1, -0.05) is 0 Å². The fourth-order valence-electron chi connectivity index (χ4n) is 0. The molecule has 1 N–H and O–H groups in total. The molecule has 0 saturated carbocycles. The van der Waals surface area contributed by atoms with Crippen molar-refractivity contribution in [2.45, 2.75) is 0 Å².